The zero-order valence-corrected chi connectivity index (χ0v) is 43.2. The molecule has 0 spiro atoms. The largest absolute Gasteiger partial charge is 0.494 e. The third-order valence-electron chi connectivity index (χ3n) is 12.5. The average molecular weight is 1020 g/mol. The smallest absolute Gasteiger partial charge is 0.330 e. The Balaban J connectivity index is 0.937. The predicted molar refractivity (Wildman–Crippen MR) is 294 cm³/mol. The molecule has 2 heterocycles. The van der Waals surface area contributed by atoms with Crippen LogP contribution in [0.1, 0.15) is 78.8 Å². The first-order chi connectivity index (χ1) is 35.7. The summed E-state index contributed by atoms with van der Waals surface area (Å²) in [6.45, 7) is 13.2. The summed E-state index contributed by atoms with van der Waals surface area (Å²) in [6, 6.07) is 44.3. The van der Waals surface area contributed by atoms with Gasteiger partial charge in [-0.2, -0.15) is 5.10 Å². The third-order valence-corrected chi connectivity index (χ3v) is 13.9. The summed E-state index contributed by atoms with van der Waals surface area (Å²) < 4.78 is 35.9. The fourth-order valence-corrected chi connectivity index (χ4v) is 9.05. The van der Waals surface area contributed by atoms with Crippen LogP contribution in [-0.4, -0.2) is 63.4 Å². The van der Waals surface area contributed by atoms with Crippen molar-refractivity contribution in [3.63, 3.8) is 0 Å². The van der Waals surface area contributed by atoms with Crippen molar-refractivity contribution in [1.82, 2.24) is 4.98 Å². The van der Waals surface area contributed by atoms with Gasteiger partial charge in [-0.05, 0) is 128 Å². The number of carbonyl (C=O) groups is 1. The van der Waals surface area contributed by atoms with E-state index in [1.165, 1.54) is 5.56 Å². The summed E-state index contributed by atoms with van der Waals surface area (Å²) in [5.41, 5.74) is 8.67. The molecular formula is C61H62ClN3O7S. The Kier molecular flexibility index (Phi) is 19.1. The Morgan fingerprint density at radius 3 is 2.21 bits per heavy atom. The van der Waals surface area contributed by atoms with E-state index >= 15 is 0 Å². The van der Waals surface area contributed by atoms with E-state index in [9.17, 15) is 4.79 Å². The van der Waals surface area contributed by atoms with Crippen LogP contribution < -0.4 is 19.2 Å². The molecule has 1 saturated heterocycles. The second-order valence-corrected chi connectivity index (χ2v) is 19.6. The highest BCUT2D eigenvalue weighted by molar-refractivity contribution is 7.22. The Morgan fingerprint density at radius 2 is 1.49 bits per heavy atom. The molecule has 0 radical (unpaired) electrons. The fourth-order valence-electron chi connectivity index (χ4n) is 7.90. The molecule has 73 heavy (non-hydrogen) atoms. The van der Waals surface area contributed by atoms with E-state index < -0.39 is 5.97 Å². The number of hydrogen-bond donors (Lipinski definition) is 0. The van der Waals surface area contributed by atoms with E-state index in [4.69, 9.17) is 50.1 Å². The second-order valence-electron chi connectivity index (χ2n) is 18.1. The van der Waals surface area contributed by atoms with Gasteiger partial charge >= 0.3 is 5.97 Å². The van der Waals surface area contributed by atoms with Crippen LogP contribution in [0.5, 0.6) is 17.2 Å². The maximum Gasteiger partial charge on any atom is 0.330 e. The molecule has 1 fully saturated rings. The first-order valence-electron chi connectivity index (χ1n) is 25.0. The topological polar surface area (TPSA) is 101 Å². The first-order valence-corrected chi connectivity index (χ1v) is 26.1. The number of thiazole rings is 1. The number of benzene rings is 6. The highest BCUT2D eigenvalue weighted by Crippen LogP contribution is 2.34. The van der Waals surface area contributed by atoms with Crippen LogP contribution in [0.15, 0.2) is 151 Å². The molecule has 0 atom stereocenters. The van der Waals surface area contributed by atoms with Crippen molar-refractivity contribution < 1.29 is 33.2 Å². The van der Waals surface area contributed by atoms with Crippen molar-refractivity contribution in [3.8, 4) is 40.2 Å². The van der Waals surface area contributed by atoms with E-state index in [1.54, 1.807) is 11.3 Å². The lowest BCUT2D eigenvalue weighted by molar-refractivity contribution is -0.150. The molecule has 10 nitrogen and oxygen atoms in total. The molecule has 1 aliphatic rings. The number of aryl methyl sites for hydroxylation is 1. The Bertz CT molecular complexity index is 2960. The first kappa shape index (κ1) is 52.4. The number of rotatable bonds is 26. The van der Waals surface area contributed by atoms with Crippen LogP contribution >= 0.6 is 22.9 Å². The highest BCUT2D eigenvalue weighted by Gasteiger charge is 2.36. The minimum Gasteiger partial charge on any atom is -0.494 e. The van der Waals surface area contributed by atoms with E-state index in [0.29, 0.717) is 54.9 Å². The number of anilines is 1. The van der Waals surface area contributed by atoms with Crippen molar-refractivity contribution in [1.29, 1.82) is 0 Å². The van der Waals surface area contributed by atoms with Crippen molar-refractivity contribution in [2.75, 3.05) is 51.3 Å². The summed E-state index contributed by atoms with van der Waals surface area (Å²) in [5, 5.41) is 8.39. The SMILES string of the molecule is C=CC(=O)OCCCOc1ccc(C#Cc2ccc(-c3ccc(OCc4ccc(OCCCCCCOCC5(CC)COC5)cc4)c(/C=N/N(Cc4ccc(C)cc4)c4nc5ccccc5s4)c3)cc2Cl)cc1. The number of aromatic nitrogens is 1. The summed E-state index contributed by atoms with van der Waals surface area (Å²) in [7, 11) is 0. The van der Waals surface area contributed by atoms with Gasteiger partial charge in [0, 0.05) is 41.2 Å². The van der Waals surface area contributed by atoms with E-state index in [0.717, 1.165) is 119 Å². The van der Waals surface area contributed by atoms with Gasteiger partial charge in [-0.1, -0.05) is 121 Å². The minimum atomic E-state index is -0.443. The van der Waals surface area contributed by atoms with Gasteiger partial charge in [0.05, 0.1) is 67.6 Å². The number of carbonyl (C=O) groups excluding carboxylic acids is 1. The quantitative estimate of drug-likeness (QED) is 0.0131. The number of hydrogen-bond acceptors (Lipinski definition) is 11. The van der Waals surface area contributed by atoms with Gasteiger partial charge in [-0.25, -0.2) is 14.8 Å². The van der Waals surface area contributed by atoms with Crippen molar-refractivity contribution in [2.24, 2.45) is 10.5 Å². The average Bonchev–Trinajstić information content (AvgIpc) is 3.85. The monoisotopic (exact) mass is 1020 g/mol. The van der Waals surface area contributed by atoms with Gasteiger partial charge in [0.25, 0.3) is 0 Å². The summed E-state index contributed by atoms with van der Waals surface area (Å²) >= 11 is 8.52. The van der Waals surface area contributed by atoms with Crippen LogP contribution in [0.4, 0.5) is 5.13 Å². The number of unbranched alkanes of at least 4 members (excludes halogenated alkanes) is 3. The number of nitrogens with zero attached hydrogens (tertiary/aromatic N) is 3. The molecule has 0 saturated carbocycles. The number of esters is 1. The molecule has 7 aromatic rings. The zero-order chi connectivity index (χ0) is 50.7. The minimum absolute atomic E-state index is 0.245. The third kappa shape index (κ3) is 15.5. The lowest BCUT2D eigenvalue weighted by Crippen LogP contribution is -2.45. The van der Waals surface area contributed by atoms with Crippen LogP contribution in [0, 0.1) is 24.2 Å². The van der Waals surface area contributed by atoms with Crippen molar-refractivity contribution in [3.05, 3.63) is 185 Å². The van der Waals surface area contributed by atoms with Gasteiger partial charge in [0.2, 0.25) is 5.13 Å². The molecule has 0 bridgehead atoms. The van der Waals surface area contributed by atoms with Crippen molar-refractivity contribution >= 4 is 50.5 Å². The lowest BCUT2D eigenvalue weighted by Gasteiger charge is -2.40. The Labute approximate surface area is 438 Å². The Hall–Kier alpha value is -6.94. The molecule has 8 rings (SSSR count). The summed E-state index contributed by atoms with van der Waals surface area (Å²) in [5.74, 6) is 8.22. The Morgan fingerprint density at radius 1 is 0.795 bits per heavy atom. The molecule has 0 N–H and O–H groups in total. The maximum absolute atomic E-state index is 11.2. The number of hydrazone groups is 1. The van der Waals surface area contributed by atoms with Gasteiger partial charge in [-0.15, -0.1) is 0 Å². The number of halogens is 1. The molecule has 0 aliphatic carbocycles. The second kappa shape index (κ2) is 26.7. The van der Waals surface area contributed by atoms with Crippen LogP contribution in [0.3, 0.4) is 0 Å². The van der Waals surface area contributed by atoms with Crippen molar-refractivity contribution in [2.45, 2.75) is 65.5 Å². The summed E-state index contributed by atoms with van der Waals surface area (Å²) in [4.78, 5) is 16.2. The van der Waals surface area contributed by atoms with Crippen LogP contribution in [-0.2, 0) is 32.2 Å². The number of ether oxygens (including phenoxy) is 6. The predicted octanol–water partition coefficient (Wildman–Crippen LogP) is 13.8. The normalized spacial score (nSPS) is 12.7. The highest BCUT2D eigenvalue weighted by atomic mass is 35.5. The molecule has 0 unspecified atom stereocenters. The van der Waals surface area contributed by atoms with Crippen LogP contribution in [0.25, 0.3) is 21.3 Å². The standard InChI is InChI=1S/C61H62ClN3O7S/c1-4-59(66)71-36-12-35-70-53-28-20-46(21-29-53)19-24-49-25-26-51(38-55(49)62)50-27-32-57(72-41-48-22-30-54(31-23-48)69-34-11-7-6-10-33-67-42-61(5-2)43-68-44-61)52(37-50)39-63-65(40-47-17-15-45(3)16-18-47)60-64-56-13-8-9-14-58(56)73-60/h4,8-9,13-18,20-23,25-32,37-39H,1,5-7,10-12,33-36,40-44H2,2-3H3/b63-39+. The molecule has 6 aromatic carbocycles. The molecule has 1 aromatic heterocycles. The maximum atomic E-state index is 11.2. The van der Waals surface area contributed by atoms with Crippen LogP contribution in [0.2, 0.25) is 5.02 Å². The summed E-state index contributed by atoms with van der Waals surface area (Å²) in [6.07, 6.45) is 8.98. The van der Waals surface area contributed by atoms with E-state index in [-0.39, 0.29) is 12.0 Å². The molecule has 1 aliphatic heterocycles. The van der Waals surface area contributed by atoms with Gasteiger partial charge < -0.3 is 28.4 Å². The van der Waals surface area contributed by atoms with Gasteiger partial charge in [0.15, 0.2) is 0 Å². The number of fused-ring (bicyclic) bond motifs is 1. The number of para-hydroxylation sites is 1. The van der Waals surface area contributed by atoms with Gasteiger partial charge in [0.1, 0.15) is 23.9 Å². The molecule has 12 heteroatoms. The molecular weight excluding hydrogens is 954 g/mol. The van der Waals surface area contributed by atoms with E-state index in [2.05, 4.69) is 68.7 Å². The van der Waals surface area contributed by atoms with Gasteiger partial charge in [-0.3, -0.25) is 0 Å². The van der Waals surface area contributed by atoms with E-state index in [1.807, 2.05) is 108 Å². The molecule has 376 valence electrons. The lowest BCUT2D eigenvalue weighted by atomic mass is 9.84. The zero-order valence-electron chi connectivity index (χ0n) is 41.7. The molecule has 0 amide bonds. The fraction of sp³-hybridized carbons (Fsp3) is 0.295.